The average molecular weight is 224 g/mol. The summed E-state index contributed by atoms with van der Waals surface area (Å²) in [5, 5.41) is 3.59. The zero-order valence-electron chi connectivity index (χ0n) is 11.5. The number of hydrogen-bond donors (Lipinski definition) is 1. The third-order valence-electron chi connectivity index (χ3n) is 4.36. The Morgan fingerprint density at radius 1 is 0.875 bits per heavy atom. The van der Waals surface area contributed by atoms with E-state index in [9.17, 15) is 0 Å². The number of rotatable bonds is 1. The van der Waals surface area contributed by atoms with Crippen molar-refractivity contribution in [3.63, 3.8) is 0 Å². The maximum absolute atomic E-state index is 3.59. The van der Waals surface area contributed by atoms with Gasteiger partial charge < -0.3 is 5.32 Å². The highest BCUT2D eigenvalue weighted by atomic mass is 15.3. The minimum Gasteiger partial charge on any atom is -0.313 e. The molecule has 0 aromatic rings. The summed E-state index contributed by atoms with van der Waals surface area (Å²) in [6, 6.07) is 0.820. The van der Waals surface area contributed by atoms with Gasteiger partial charge in [-0.1, -0.05) is 19.3 Å². The number of nitrogens with one attached hydrogen (secondary N) is 1. The van der Waals surface area contributed by atoms with Crippen LogP contribution in [-0.4, -0.2) is 35.1 Å². The second-order valence-electron chi connectivity index (χ2n) is 6.89. The van der Waals surface area contributed by atoms with Crippen molar-refractivity contribution in [1.29, 1.82) is 0 Å². The van der Waals surface area contributed by atoms with Crippen LogP contribution in [0.5, 0.6) is 0 Å². The first kappa shape index (κ1) is 12.4. The molecule has 0 aromatic carbocycles. The van der Waals surface area contributed by atoms with Crippen molar-refractivity contribution in [2.24, 2.45) is 0 Å². The molecule has 0 bridgehead atoms. The lowest BCUT2D eigenvalue weighted by Crippen LogP contribution is -2.70. The summed E-state index contributed by atoms with van der Waals surface area (Å²) in [6.45, 7) is 11.9. The molecule has 2 aliphatic rings. The van der Waals surface area contributed by atoms with Crippen molar-refractivity contribution in [2.75, 3.05) is 13.1 Å². The number of piperazine rings is 1. The second kappa shape index (κ2) is 4.30. The maximum atomic E-state index is 3.59. The fourth-order valence-electron chi connectivity index (χ4n) is 3.99. The molecule has 0 amide bonds. The zero-order chi connectivity index (χ0) is 11.8. The summed E-state index contributed by atoms with van der Waals surface area (Å²) in [5.74, 6) is 0. The molecular weight excluding hydrogens is 196 g/mol. The summed E-state index contributed by atoms with van der Waals surface area (Å²) in [7, 11) is 0. The van der Waals surface area contributed by atoms with Crippen molar-refractivity contribution in [2.45, 2.75) is 76.9 Å². The predicted molar refractivity (Wildman–Crippen MR) is 69.7 cm³/mol. The van der Waals surface area contributed by atoms with Crippen LogP contribution in [0.3, 0.4) is 0 Å². The van der Waals surface area contributed by atoms with E-state index in [4.69, 9.17) is 0 Å². The van der Waals surface area contributed by atoms with Crippen LogP contribution >= 0.6 is 0 Å². The van der Waals surface area contributed by atoms with Crippen LogP contribution in [0.15, 0.2) is 0 Å². The monoisotopic (exact) mass is 224 g/mol. The Morgan fingerprint density at radius 2 is 1.38 bits per heavy atom. The van der Waals surface area contributed by atoms with E-state index in [0.717, 1.165) is 19.1 Å². The smallest absolute Gasteiger partial charge is 0.0286 e. The first-order valence-electron chi connectivity index (χ1n) is 6.94. The Bertz CT molecular complexity index is 223. The molecule has 1 saturated carbocycles. The molecule has 0 unspecified atom stereocenters. The van der Waals surface area contributed by atoms with Crippen molar-refractivity contribution < 1.29 is 0 Å². The fourth-order valence-corrected chi connectivity index (χ4v) is 3.99. The van der Waals surface area contributed by atoms with E-state index in [1.165, 1.54) is 32.1 Å². The lowest BCUT2D eigenvalue weighted by atomic mass is 9.82. The lowest BCUT2D eigenvalue weighted by molar-refractivity contribution is -0.0590. The molecule has 1 N–H and O–H groups in total. The minimum atomic E-state index is 0.309. The molecule has 2 heteroatoms. The molecular formula is C14H28N2. The normalized spacial score (nSPS) is 31.5. The van der Waals surface area contributed by atoms with Gasteiger partial charge in [-0.2, -0.15) is 0 Å². The van der Waals surface area contributed by atoms with Crippen LogP contribution in [0.2, 0.25) is 0 Å². The molecule has 2 nitrogen and oxygen atoms in total. The number of nitrogens with zero attached hydrogens (tertiary/aromatic N) is 1. The molecule has 0 aromatic heterocycles. The lowest BCUT2D eigenvalue weighted by Gasteiger charge is -2.57. The SMILES string of the molecule is CC1(C)CNCC(C)(C)N1C1CCCCC1. The predicted octanol–water partition coefficient (Wildman–Crippen LogP) is 2.78. The summed E-state index contributed by atoms with van der Waals surface area (Å²) in [6.07, 6.45) is 7.13. The highest BCUT2D eigenvalue weighted by Gasteiger charge is 2.44. The van der Waals surface area contributed by atoms with Gasteiger partial charge >= 0.3 is 0 Å². The van der Waals surface area contributed by atoms with Crippen molar-refractivity contribution in [3.8, 4) is 0 Å². The minimum absolute atomic E-state index is 0.309. The van der Waals surface area contributed by atoms with Gasteiger partial charge in [0, 0.05) is 30.2 Å². The van der Waals surface area contributed by atoms with Gasteiger partial charge in [-0.15, -0.1) is 0 Å². The first-order chi connectivity index (χ1) is 7.43. The van der Waals surface area contributed by atoms with E-state index < -0.39 is 0 Å². The molecule has 0 radical (unpaired) electrons. The van der Waals surface area contributed by atoms with E-state index in [1.807, 2.05) is 0 Å². The Morgan fingerprint density at radius 3 is 1.88 bits per heavy atom. The van der Waals surface area contributed by atoms with E-state index >= 15 is 0 Å². The highest BCUT2D eigenvalue weighted by Crippen LogP contribution is 2.36. The van der Waals surface area contributed by atoms with Crippen LogP contribution in [0, 0.1) is 0 Å². The number of hydrogen-bond acceptors (Lipinski definition) is 2. The van der Waals surface area contributed by atoms with Gasteiger partial charge in [-0.3, -0.25) is 4.90 Å². The Hall–Kier alpha value is -0.0800. The van der Waals surface area contributed by atoms with Gasteiger partial charge in [0.15, 0.2) is 0 Å². The third kappa shape index (κ3) is 2.28. The second-order valence-corrected chi connectivity index (χ2v) is 6.89. The largest absolute Gasteiger partial charge is 0.313 e. The maximum Gasteiger partial charge on any atom is 0.0286 e. The summed E-state index contributed by atoms with van der Waals surface area (Å²) >= 11 is 0. The topological polar surface area (TPSA) is 15.3 Å². The molecule has 0 spiro atoms. The van der Waals surface area contributed by atoms with Crippen molar-refractivity contribution in [1.82, 2.24) is 10.2 Å². The van der Waals surface area contributed by atoms with Crippen LogP contribution in [0.1, 0.15) is 59.8 Å². The molecule has 1 aliphatic carbocycles. The standard InChI is InChI=1S/C14H28N2/c1-13(2)10-15-11-14(3,4)16(13)12-8-6-5-7-9-12/h12,15H,5-11H2,1-4H3. The summed E-state index contributed by atoms with van der Waals surface area (Å²) in [4.78, 5) is 2.82. The van der Waals surface area contributed by atoms with Gasteiger partial charge in [0.25, 0.3) is 0 Å². The summed E-state index contributed by atoms with van der Waals surface area (Å²) in [5.41, 5.74) is 0.619. The molecule has 0 atom stereocenters. The molecule has 2 fully saturated rings. The van der Waals surface area contributed by atoms with E-state index in [1.54, 1.807) is 0 Å². The molecule has 1 saturated heterocycles. The molecule has 16 heavy (non-hydrogen) atoms. The first-order valence-corrected chi connectivity index (χ1v) is 6.94. The van der Waals surface area contributed by atoms with Gasteiger partial charge in [0.1, 0.15) is 0 Å². The van der Waals surface area contributed by atoms with Crippen LogP contribution in [0.4, 0.5) is 0 Å². The van der Waals surface area contributed by atoms with Crippen molar-refractivity contribution in [3.05, 3.63) is 0 Å². The van der Waals surface area contributed by atoms with Gasteiger partial charge in [-0.25, -0.2) is 0 Å². The Labute approximate surface area is 101 Å². The quantitative estimate of drug-likeness (QED) is 0.737. The Balaban J connectivity index is 2.18. The third-order valence-corrected chi connectivity index (χ3v) is 4.36. The van der Waals surface area contributed by atoms with Crippen LogP contribution < -0.4 is 5.32 Å². The fraction of sp³-hybridized carbons (Fsp3) is 1.00. The van der Waals surface area contributed by atoms with Crippen LogP contribution in [-0.2, 0) is 0 Å². The average Bonchev–Trinajstić information content (AvgIpc) is 2.16. The van der Waals surface area contributed by atoms with Gasteiger partial charge in [-0.05, 0) is 40.5 Å². The zero-order valence-corrected chi connectivity index (χ0v) is 11.5. The highest BCUT2D eigenvalue weighted by molar-refractivity contribution is 5.02. The van der Waals surface area contributed by atoms with Crippen LogP contribution in [0.25, 0.3) is 0 Å². The summed E-state index contributed by atoms with van der Waals surface area (Å²) < 4.78 is 0. The van der Waals surface area contributed by atoms with Gasteiger partial charge in [0.05, 0.1) is 0 Å². The Kier molecular flexibility index (Phi) is 3.33. The molecule has 1 heterocycles. The van der Waals surface area contributed by atoms with E-state index in [0.29, 0.717) is 11.1 Å². The molecule has 1 aliphatic heterocycles. The van der Waals surface area contributed by atoms with Gasteiger partial charge in [0.2, 0.25) is 0 Å². The van der Waals surface area contributed by atoms with E-state index in [2.05, 4.69) is 37.9 Å². The van der Waals surface area contributed by atoms with E-state index in [-0.39, 0.29) is 0 Å². The molecule has 2 rings (SSSR count). The van der Waals surface area contributed by atoms with Crippen molar-refractivity contribution >= 4 is 0 Å². The molecule has 94 valence electrons.